The summed E-state index contributed by atoms with van der Waals surface area (Å²) in [4.78, 5) is 24.6. The monoisotopic (exact) mass is 219 g/mol. The van der Waals surface area contributed by atoms with Crippen molar-refractivity contribution in [1.82, 2.24) is 4.90 Å². The molecule has 3 nitrogen and oxygen atoms in total. The van der Waals surface area contributed by atoms with Crippen molar-refractivity contribution in [3.05, 3.63) is 35.4 Å². The molecule has 1 aromatic carbocycles. The molecule has 1 rings (SSSR count). The third-order valence-corrected chi connectivity index (χ3v) is 2.39. The van der Waals surface area contributed by atoms with Gasteiger partial charge >= 0.3 is 0 Å². The van der Waals surface area contributed by atoms with Crippen LogP contribution in [0, 0.1) is 5.92 Å². The Morgan fingerprint density at radius 2 is 2.12 bits per heavy atom. The highest BCUT2D eigenvalue weighted by molar-refractivity contribution is 5.98. The number of carbonyl (C=O) groups excluding carboxylic acids is 2. The lowest BCUT2D eigenvalue weighted by molar-refractivity contribution is 0.0910. The first-order chi connectivity index (χ1) is 7.54. The number of ketones is 1. The maximum Gasteiger partial charge on any atom is 0.166 e. The number of rotatable bonds is 5. The number of hydrogen-bond donors (Lipinski definition) is 0. The van der Waals surface area contributed by atoms with Gasteiger partial charge in [-0.25, -0.2) is 0 Å². The fourth-order valence-corrected chi connectivity index (χ4v) is 1.68. The van der Waals surface area contributed by atoms with Crippen LogP contribution in [0.4, 0.5) is 0 Å². The van der Waals surface area contributed by atoms with Crippen LogP contribution in [-0.2, 0) is 0 Å². The molecule has 0 spiro atoms. The lowest BCUT2D eigenvalue weighted by Gasteiger charge is -2.15. The van der Waals surface area contributed by atoms with Crippen molar-refractivity contribution in [2.75, 3.05) is 20.6 Å². The number of nitrogens with zero attached hydrogens (tertiary/aromatic N) is 1. The van der Waals surface area contributed by atoms with Crippen LogP contribution < -0.4 is 0 Å². The molecule has 1 aromatic rings. The van der Waals surface area contributed by atoms with E-state index >= 15 is 0 Å². The summed E-state index contributed by atoms with van der Waals surface area (Å²) in [6.07, 6.45) is 0.757. The second kappa shape index (κ2) is 5.56. The Bertz CT molecular complexity index is 385. The van der Waals surface area contributed by atoms with E-state index in [0.717, 1.165) is 6.29 Å². The Kier molecular flexibility index (Phi) is 4.38. The molecule has 0 aromatic heterocycles. The van der Waals surface area contributed by atoms with E-state index in [4.69, 9.17) is 0 Å². The van der Waals surface area contributed by atoms with Crippen LogP contribution in [0.2, 0.25) is 0 Å². The Labute approximate surface area is 96.1 Å². The highest BCUT2D eigenvalue weighted by Gasteiger charge is 2.15. The number of benzene rings is 1. The van der Waals surface area contributed by atoms with Gasteiger partial charge in [-0.15, -0.1) is 0 Å². The maximum atomic E-state index is 12.0. The normalized spacial score (nSPS) is 12.5. The van der Waals surface area contributed by atoms with Crippen molar-refractivity contribution in [2.24, 2.45) is 5.92 Å². The standard InChI is InChI=1S/C13H17NO2/c1-10(8-14(2)3)13(16)12-6-4-5-11(7-12)9-15/h4-7,9-10H,8H2,1-3H3. The van der Waals surface area contributed by atoms with Crippen molar-refractivity contribution in [1.29, 1.82) is 0 Å². The molecule has 0 aliphatic heterocycles. The highest BCUT2D eigenvalue weighted by atomic mass is 16.1. The Hall–Kier alpha value is -1.48. The lowest BCUT2D eigenvalue weighted by atomic mass is 9.98. The summed E-state index contributed by atoms with van der Waals surface area (Å²) in [6, 6.07) is 6.82. The third-order valence-electron chi connectivity index (χ3n) is 2.39. The summed E-state index contributed by atoms with van der Waals surface area (Å²) >= 11 is 0. The second-order valence-electron chi connectivity index (χ2n) is 4.27. The van der Waals surface area contributed by atoms with E-state index in [1.54, 1.807) is 24.3 Å². The first-order valence-corrected chi connectivity index (χ1v) is 5.28. The lowest BCUT2D eigenvalue weighted by Crippen LogP contribution is -2.25. The van der Waals surface area contributed by atoms with E-state index in [-0.39, 0.29) is 11.7 Å². The fraction of sp³-hybridized carbons (Fsp3) is 0.385. The molecule has 0 heterocycles. The predicted octanol–water partition coefficient (Wildman–Crippen LogP) is 1.88. The molecular formula is C13H17NO2. The molecule has 0 saturated carbocycles. The molecule has 16 heavy (non-hydrogen) atoms. The van der Waals surface area contributed by atoms with Gasteiger partial charge in [-0.3, -0.25) is 9.59 Å². The molecule has 0 aliphatic rings. The molecule has 0 bridgehead atoms. The molecular weight excluding hydrogens is 202 g/mol. The van der Waals surface area contributed by atoms with E-state index in [2.05, 4.69) is 0 Å². The molecule has 0 amide bonds. The van der Waals surface area contributed by atoms with E-state index < -0.39 is 0 Å². The minimum absolute atomic E-state index is 0.0584. The molecule has 0 saturated heterocycles. The maximum absolute atomic E-state index is 12.0. The van der Waals surface area contributed by atoms with E-state index in [1.807, 2.05) is 25.9 Å². The molecule has 0 fully saturated rings. The Morgan fingerprint density at radius 3 is 2.69 bits per heavy atom. The summed E-state index contributed by atoms with van der Waals surface area (Å²) in [7, 11) is 3.87. The van der Waals surface area contributed by atoms with Crippen LogP contribution in [-0.4, -0.2) is 37.6 Å². The largest absolute Gasteiger partial charge is 0.309 e. The highest BCUT2D eigenvalue weighted by Crippen LogP contribution is 2.11. The smallest absolute Gasteiger partial charge is 0.166 e. The molecule has 0 radical (unpaired) electrons. The summed E-state index contributed by atoms with van der Waals surface area (Å²) in [6.45, 7) is 2.61. The van der Waals surface area contributed by atoms with E-state index in [1.165, 1.54) is 0 Å². The van der Waals surface area contributed by atoms with Gasteiger partial charge < -0.3 is 4.90 Å². The molecule has 1 unspecified atom stereocenters. The first kappa shape index (κ1) is 12.6. The predicted molar refractivity (Wildman–Crippen MR) is 63.9 cm³/mol. The van der Waals surface area contributed by atoms with Gasteiger partial charge in [0.15, 0.2) is 5.78 Å². The molecule has 3 heteroatoms. The van der Waals surface area contributed by atoms with Gasteiger partial charge in [0, 0.05) is 23.6 Å². The number of Topliss-reactive ketones (excluding diaryl/α,β-unsaturated/α-hetero) is 1. The van der Waals surface area contributed by atoms with Crippen LogP contribution >= 0.6 is 0 Å². The van der Waals surface area contributed by atoms with Crippen molar-refractivity contribution >= 4 is 12.1 Å². The van der Waals surface area contributed by atoms with Gasteiger partial charge in [-0.05, 0) is 20.2 Å². The quantitative estimate of drug-likeness (QED) is 0.560. The zero-order chi connectivity index (χ0) is 12.1. The van der Waals surface area contributed by atoms with Gasteiger partial charge in [0.2, 0.25) is 0 Å². The third kappa shape index (κ3) is 3.28. The Morgan fingerprint density at radius 1 is 1.44 bits per heavy atom. The first-order valence-electron chi connectivity index (χ1n) is 5.28. The van der Waals surface area contributed by atoms with Crippen molar-refractivity contribution in [3.8, 4) is 0 Å². The molecule has 0 aliphatic carbocycles. The topological polar surface area (TPSA) is 37.4 Å². The van der Waals surface area contributed by atoms with Crippen molar-refractivity contribution in [2.45, 2.75) is 6.92 Å². The SMILES string of the molecule is CC(CN(C)C)C(=O)c1cccc(C=O)c1. The second-order valence-corrected chi connectivity index (χ2v) is 4.27. The van der Waals surface area contributed by atoms with E-state index in [9.17, 15) is 9.59 Å². The minimum Gasteiger partial charge on any atom is -0.309 e. The van der Waals surface area contributed by atoms with Crippen LogP contribution in [0.25, 0.3) is 0 Å². The van der Waals surface area contributed by atoms with Gasteiger partial charge in [0.05, 0.1) is 0 Å². The van der Waals surface area contributed by atoms with Gasteiger partial charge in [-0.1, -0.05) is 25.1 Å². The summed E-state index contributed by atoms with van der Waals surface area (Å²) in [5.41, 5.74) is 1.15. The zero-order valence-electron chi connectivity index (χ0n) is 9.93. The average molecular weight is 219 g/mol. The van der Waals surface area contributed by atoms with Crippen molar-refractivity contribution in [3.63, 3.8) is 0 Å². The van der Waals surface area contributed by atoms with Crippen LogP contribution in [0.5, 0.6) is 0 Å². The van der Waals surface area contributed by atoms with Crippen molar-refractivity contribution < 1.29 is 9.59 Å². The minimum atomic E-state index is -0.0584. The number of aldehydes is 1. The fourth-order valence-electron chi connectivity index (χ4n) is 1.68. The number of hydrogen-bond acceptors (Lipinski definition) is 3. The molecule has 1 atom stereocenters. The van der Waals surface area contributed by atoms with Gasteiger partial charge in [0.1, 0.15) is 6.29 Å². The Balaban J connectivity index is 2.83. The molecule has 0 N–H and O–H groups in total. The van der Waals surface area contributed by atoms with Gasteiger partial charge in [-0.2, -0.15) is 0 Å². The van der Waals surface area contributed by atoms with Gasteiger partial charge in [0.25, 0.3) is 0 Å². The molecule has 86 valence electrons. The van der Waals surface area contributed by atoms with Crippen LogP contribution in [0.15, 0.2) is 24.3 Å². The number of carbonyl (C=O) groups is 2. The van der Waals surface area contributed by atoms with Crippen LogP contribution in [0.1, 0.15) is 27.6 Å². The summed E-state index contributed by atoms with van der Waals surface area (Å²) < 4.78 is 0. The van der Waals surface area contributed by atoms with Crippen LogP contribution in [0.3, 0.4) is 0 Å². The summed E-state index contributed by atoms with van der Waals surface area (Å²) in [5.74, 6) is 0.0225. The zero-order valence-corrected chi connectivity index (χ0v) is 9.93. The average Bonchev–Trinajstić information content (AvgIpc) is 2.27. The van der Waals surface area contributed by atoms with E-state index in [0.29, 0.717) is 17.7 Å². The summed E-state index contributed by atoms with van der Waals surface area (Å²) in [5, 5.41) is 0.